The number of aromatic nitrogens is 2. The number of halogens is 1. The first-order chi connectivity index (χ1) is 8.04. The van der Waals surface area contributed by atoms with Crippen molar-refractivity contribution < 1.29 is 20.1 Å². The van der Waals surface area contributed by atoms with E-state index >= 15 is 0 Å². The number of rotatable bonds is 2. The van der Waals surface area contributed by atoms with Crippen LogP contribution in [0.15, 0.2) is 17.1 Å². The van der Waals surface area contributed by atoms with E-state index in [9.17, 15) is 15.0 Å². The van der Waals surface area contributed by atoms with Crippen LogP contribution in [-0.4, -0.2) is 49.8 Å². The third-order valence-electron chi connectivity index (χ3n) is 2.64. The average molecular weight is 371 g/mol. The summed E-state index contributed by atoms with van der Waals surface area (Å²) in [5.41, 5.74) is 4.63. The summed E-state index contributed by atoms with van der Waals surface area (Å²) in [6, 6.07) is 1.37. The highest BCUT2D eigenvalue weighted by Gasteiger charge is 2.43. The van der Waals surface area contributed by atoms with Crippen molar-refractivity contribution in [3.8, 4) is 0 Å². The lowest BCUT2D eigenvalue weighted by atomic mass is 10.1. The SMILES string of the molecule is I.Nc1ccn([C@@H]2O[C@H](CO)[C@@H](O)[C@H]2O)c(=O)n1. The first-order valence-electron chi connectivity index (χ1n) is 5.01. The lowest BCUT2D eigenvalue weighted by Crippen LogP contribution is -2.36. The van der Waals surface area contributed by atoms with E-state index < -0.39 is 36.8 Å². The minimum absolute atomic E-state index is 0. The Morgan fingerprint density at radius 2 is 2.11 bits per heavy atom. The Morgan fingerprint density at radius 1 is 1.44 bits per heavy atom. The van der Waals surface area contributed by atoms with Crippen LogP contribution in [0.3, 0.4) is 0 Å². The molecule has 8 nitrogen and oxygen atoms in total. The number of ether oxygens (including phenoxy) is 1. The van der Waals surface area contributed by atoms with Crippen LogP contribution in [0.25, 0.3) is 0 Å². The summed E-state index contributed by atoms with van der Waals surface area (Å²) in [4.78, 5) is 15.0. The van der Waals surface area contributed by atoms with Crippen LogP contribution >= 0.6 is 24.0 Å². The zero-order valence-electron chi connectivity index (χ0n) is 9.21. The molecule has 1 fully saturated rings. The summed E-state index contributed by atoms with van der Waals surface area (Å²) < 4.78 is 6.19. The number of anilines is 1. The predicted molar refractivity (Wildman–Crippen MR) is 71.3 cm³/mol. The molecule has 1 aliphatic rings. The highest BCUT2D eigenvalue weighted by Crippen LogP contribution is 2.27. The van der Waals surface area contributed by atoms with Crippen LogP contribution < -0.4 is 11.4 Å². The van der Waals surface area contributed by atoms with Crippen LogP contribution in [0.5, 0.6) is 0 Å². The molecule has 0 saturated carbocycles. The van der Waals surface area contributed by atoms with Gasteiger partial charge in [-0.15, -0.1) is 24.0 Å². The predicted octanol–water partition coefficient (Wildman–Crippen LogP) is -1.94. The van der Waals surface area contributed by atoms with Crippen molar-refractivity contribution >= 4 is 29.8 Å². The smallest absolute Gasteiger partial charge is 0.351 e. The molecule has 0 unspecified atom stereocenters. The summed E-state index contributed by atoms with van der Waals surface area (Å²) in [6.45, 7) is -0.453. The van der Waals surface area contributed by atoms with Crippen molar-refractivity contribution in [2.75, 3.05) is 12.3 Å². The topological polar surface area (TPSA) is 131 Å². The molecule has 18 heavy (non-hydrogen) atoms. The van der Waals surface area contributed by atoms with Gasteiger partial charge in [-0.3, -0.25) is 4.57 Å². The molecule has 0 radical (unpaired) electrons. The summed E-state index contributed by atoms with van der Waals surface area (Å²) in [5.74, 6) is 0.0537. The van der Waals surface area contributed by atoms with Gasteiger partial charge in [0.2, 0.25) is 0 Å². The Hall–Kier alpha value is -0.750. The Bertz CT molecular complexity index is 468. The van der Waals surface area contributed by atoms with Crippen LogP contribution in [0.1, 0.15) is 6.23 Å². The molecular weight excluding hydrogens is 357 g/mol. The van der Waals surface area contributed by atoms with E-state index in [0.717, 1.165) is 4.57 Å². The van der Waals surface area contributed by atoms with Crippen molar-refractivity contribution in [1.82, 2.24) is 9.55 Å². The third-order valence-corrected chi connectivity index (χ3v) is 2.64. The number of nitrogens with two attached hydrogens (primary N) is 1. The maximum absolute atomic E-state index is 11.5. The van der Waals surface area contributed by atoms with Crippen LogP contribution in [0.4, 0.5) is 5.82 Å². The van der Waals surface area contributed by atoms with Gasteiger partial charge in [0.15, 0.2) is 6.23 Å². The van der Waals surface area contributed by atoms with E-state index in [1.165, 1.54) is 12.3 Å². The van der Waals surface area contributed by atoms with Crippen molar-refractivity contribution in [3.63, 3.8) is 0 Å². The van der Waals surface area contributed by atoms with Gasteiger partial charge >= 0.3 is 5.69 Å². The molecule has 9 heteroatoms. The fourth-order valence-corrected chi connectivity index (χ4v) is 1.73. The van der Waals surface area contributed by atoms with Crippen molar-refractivity contribution in [3.05, 3.63) is 22.7 Å². The van der Waals surface area contributed by atoms with E-state index in [1.54, 1.807) is 0 Å². The van der Waals surface area contributed by atoms with Crippen LogP contribution in [-0.2, 0) is 4.74 Å². The molecule has 0 aliphatic carbocycles. The Kier molecular flexibility index (Phi) is 5.04. The van der Waals surface area contributed by atoms with Crippen molar-refractivity contribution in [2.24, 2.45) is 0 Å². The fourth-order valence-electron chi connectivity index (χ4n) is 1.73. The second-order valence-corrected chi connectivity index (χ2v) is 3.77. The summed E-state index contributed by atoms with van der Waals surface area (Å²) in [6.07, 6.45) is -3.27. The van der Waals surface area contributed by atoms with Gasteiger partial charge in [0.05, 0.1) is 6.61 Å². The minimum atomic E-state index is -1.31. The highest BCUT2D eigenvalue weighted by molar-refractivity contribution is 14.0. The quantitative estimate of drug-likeness (QED) is 0.445. The average Bonchev–Trinajstić information content (AvgIpc) is 2.57. The molecule has 1 aromatic rings. The van der Waals surface area contributed by atoms with E-state index in [2.05, 4.69) is 4.98 Å². The first kappa shape index (κ1) is 15.3. The number of hydrogen-bond donors (Lipinski definition) is 4. The largest absolute Gasteiger partial charge is 0.394 e. The van der Waals surface area contributed by atoms with Gasteiger partial charge in [-0.1, -0.05) is 0 Å². The Balaban J connectivity index is 0.00000162. The summed E-state index contributed by atoms with van der Waals surface area (Å²) in [7, 11) is 0. The van der Waals surface area contributed by atoms with Gasteiger partial charge in [-0.2, -0.15) is 4.98 Å². The number of hydrogen-bond acceptors (Lipinski definition) is 7. The minimum Gasteiger partial charge on any atom is -0.394 e. The number of aliphatic hydroxyl groups excluding tert-OH is 3. The van der Waals surface area contributed by atoms with Crippen LogP contribution in [0, 0.1) is 0 Å². The molecule has 1 saturated heterocycles. The molecule has 102 valence electrons. The zero-order valence-corrected chi connectivity index (χ0v) is 11.5. The second-order valence-electron chi connectivity index (χ2n) is 3.77. The van der Waals surface area contributed by atoms with Crippen molar-refractivity contribution in [1.29, 1.82) is 0 Å². The van der Waals surface area contributed by atoms with Crippen LogP contribution in [0.2, 0.25) is 0 Å². The van der Waals surface area contributed by atoms with Gasteiger partial charge in [0.25, 0.3) is 0 Å². The normalized spacial score (nSPS) is 31.1. The molecule has 2 rings (SSSR count). The molecule has 0 aromatic carbocycles. The standard InChI is InChI=1S/C9H13N3O5.HI/c10-5-1-2-12(9(16)11-5)8-7(15)6(14)4(3-13)17-8;/h1-2,4,6-8,13-15H,3H2,(H2,10,11,16);1H/t4-,6-,7-,8-;/m1./s1. The van der Waals surface area contributed by atoms with E-state index in [-0.39, 0.29) is 29.8 Å². The number of nitrogens with zero attached hydrogens (tertiary/aromatic N) is 2. The highest BCUT2D eigenvalue weighted by atomic mass is 127. The maximum Gasteiger partial charge on any atom is 0.351 e. The van der Waals surface area contributed by atoms with E-state index in [4.69, 9.17) is 15.6 Å². The summed E-state index contributed by atoms with van der Waals surface area (Å²) >= 11 is 0. The van der Waals surface area contributed by atoms with Gasteiger partial charge < -0.3 is 25.8 Å². The third kappa shape index (κ3) is 2.64. The molecule has 5 N–H and O–H groups in total. The van der Waals surface area contributed by atoms with Crippen molar-refractivity contribution in [2.45, 2.75) is 24.5 Å². The van der Waals surface area contributed by atoms with E-state index in [1.807, 2.05) is 0 Å². The zero-order chi connectivity index (χ0) is 12.6. The van der Waals surface area contributed by atoms with E-state index in [0.29, 0.717) is 0 Å². The molecular formula is C9H14IN3O5. The molecule has 1 aromatic heterocycles. The molecule has 1 aliphatic heterocycles. The monoisotopic (exact) mass is 371 g/mol. The Morgan fingerprint density at radius 3 is 2.61 bits per heavy atom. The Labute approximate surface area is 119 Å². The molecule has 0 spiro atoms. The number of nitrogen functional groups attached to an aromatic ring is 1. The molecule has 2 heterocycles. The molecule has 0 amide bonds. The van der Waals surface area contributed by atoms with Gasteiger partial charge in [0.1, 0.15) is 24.1 Å². The van der Waals surface area contributed by atoms with Gasteiger partial charge in [-0.05, 0) is 6.07 Å². The van der Waals surface area contributed by atoms with Gasteiger partial charge in [0, 0.05) is 6.20 Å². The summed E-state index contributed by atoms with van der Waals surface area (Å²) in [5, 5.41) is 28.2. The lowest BCUT2D eigenvalue weighted by molar-refractivity contribution is -0.0549. The molecule has 4 atom stereocenters. The second kappa shape index (κ2) is 5.93. The number of aliphatic hydroxyl groups is 3. The lowest BCUT2D eigenvalue weighted by Gasteiger charge is -2.16. The first-order valence-corrected chi connectivity index (χ1v) is 5.01. The fraction of sp³-hybridized carbons (Fsp3) is 0.556. The maximum atomic E-state index is 11.5. The van der Waals surface area contributed by atoms with Gasteiger partial charge in [-0.25, -0.2) is 4.79 Å². The molecule has 0 bridgehead atoms.